The molecule has 0 spiro atoms. The van der Waals surface area contributed by atoms with Crippen LogP contribution in [0.15, 0.2) is 0 Å². The van der Waals surface area contributed by atoms with Crippen LogP contribution in [0, 0.1) is 11.3 Å². The van der Waals surface area contributed by atoms with Crippen molar-refractivity contribution in [1.82, 2.24) is 0 Å². The van der Waals surface area contributed by atoms with Gasteiger partial charge in [0.2, 0.25) is 0 Å². The monoisotopic (exact) mass is 195 g/mol. The molecule has 0 heterocycles. The molecule has 0 aromatic carbocycles. The molecule has 2 aliphatic rings. The van der Waals surface area contributed by atoms with Crippen LogP contribution >= 0.6 is 0 Å². The summed E-state index contributed by atoms with van der Waals surface area (Å²) in [4.78, 5) is 12.3. The Morgan fingerprint density at radius 3 is 2.21 bits per heavy atom. The van der Waals surface area contributed by atoms with Crippen molar-refractivity contribution in [3.63, 3.8) is 0 Å². The molecule has 0 atom stereocenters. The zero-order valence-electron chi connectivity index (χ0n) is 8.93. The number of carbonyl (C=O) groups excluding carboxylic acids is 1. The second-order valence-electron chi connectivity index (χ2n) is 5.04. The topological polar surface area (TPSA) is 43.1 Å². The highest BCUT2D eigenvalue weighted by Gasteiger charge is 2.45. The molecule has 0 amide bonds. The van der Waals surface area contributed by atoms with Gasteiger partial charge in [0, 0.05) is 17.9 Å². The summed E-state index contributed by atoms with van der Waals surface area (Å²) in [5.41, 5.74) is 5.67. The van der Waals surface area contributed by atoms with E-state index in [2.05, 4.69) is 0 Å². The lowest BCUT2D eigenvalue weighted by Crippen LogP contribution is -2.47. The molecular formula is C12H21NO. The van der Waals surface area contributed by atoms with Crippen LogP contribution in [0.25, 0.3) is 0 Å². The fourth-order valence-corrected chi connectivity index (χ4v) is 2.95. The third kappa shape index (κ3) is 1.60. The van der Waals surface area contributed by atoms with E-state index in [9.17, 15) is 4.79 Å². The summed E-state index contributed by atoms with van der Waals surface area (Å²) in [5, 5.41) is 0. The predicted octanol–water partition coefficient (Wildman–Crippen LogP) is 2.26. The highest BCUT2D eigenvalue weighted by atomic mass is 16.1. The van der Waals surface area contributed by atoms with E-state index < -0.39 is 0 Å². The van der Waals surface area contributed by atoms with Crippen LogP contribution in [0.2, 0.25) is 0 Å². The molecule has 0 unspecified atom stereocenters. The van der Waals surface area contributed by atoms with E-state index in [1.165, 1.54) is 25.7 Å². The Hall–Kier alpha value is -0.370. The van der Waals surface area contributed by atoms with Crippen LogP contribution in [0.4, 0.5) is 0 Å². The fourth-order valence-electron chi connectivity index (χ4n) is 2.95. The summed E-state index contributed by atoms with van der Waals surface area (Å²) in [6, 6.07) is 0. The largest absolute Gasteiger partial charge is 0.329 e. The fraction of sp³-hybridized carbons (Fsp3) is 0.917. The first kappa shape index (κ1) is 10.2. The van der Waals surface area contributed by atoms with Crippen LogP contribution in [0.5, 0.6) is 0 Å². The van der Waals surface area contributed by atoms with Gasteiger partial charge in [-0.1, -0.05) is 25.7 Å². The van der Waals surface area contributed by atoms with E-state index in [1.807, 2.05) is 0 Å². The maximum atomic E-state index is 12.3. The van der Waals surface area contributed by atoms with E-state index in [0.717, 1.165) is 25.7 Å². The number of hydrogen-bond donors (Lipinski definition) is 1. The summed E-state index contributed by atoms with van der Waals surface area (Å²) in [7, 11) is 0. The van der Waals surface area contributed by atoms with E-state index >= 15 is 0 Å². The predicted molar refractivity (Wildman–Crippen MR) is 56.9 cm³/mol. The van der Waals surface area contributed by atoms with Gasteiger partial charge in [-0.15, -0.1) is 0 Å². The van der Waals surface area contributed by atoms with Crippen molar-refractivity contribution in [3.8, 4) is 0 Å². The SMILES string of the molecule is NCC1(C(=O)C2CCCCC2)CCC1. The highest BCUT2D eigenvalue weighted by Crippen LogP contribution is 2.44. The number of rotatable bonds is 3. The minimum Gasteiger partial charge on any atom is -0.329 e. The first-order chi connectivity index (χ1) is 6.78. The maximum absolute atomic E-state index is 12.3. The third-order valence-electron chi connectivity index (χ3n) is 4.20. The van der Waals surface area contributed by atoms with Crippen molar-refractivity contribution in [2.75, 3.05) is 6.54 Å². The molecule has 14 heavy (non-hydrogen) atoms. The van der Waals surface area contributed by atoms with Crippen molar-refractivity contribution in [2.24, 2.45) is 17.1 Å². The number of carbonyl (C=O) groups is 1. The van der Waals surface area contributed by atoms with Crippen LogP contribution in [-0.2, 0) is 4.79 Å². The quantitative estimate of drug-likeness (QED) is 0.750. The van der Waals surface area contributed by atoms with Crippen molar-refractivity contribution in [3.05, 3.63) is 0 Å². The lowest BCUT2D eigenvalue weighted by atomic mass is 9.62. The lowest BCUT2D eigenvalue weighted by Gasteiger charge is -2.42. The number of ketones is 1. The number of Topliss-reactive ketones (excluding diaryl/α,β-unsaturated/α-hetero) is 1. The molecule has 2 N–H and O–H groups in total. The van der Waals surface area contributed by atoms with E-state index in [1.54, 1.807) is 0 Å². The second kappa shape index (κ2) is 4.01. The van der Waals surface area contributed by atoms with Gasteiger partial charge in [-0.25, -0.2) is 0 Å². The van der Waals surface area contributed by atoms with Crippen molar-refractivity contribution < 1.29 is 4.79 Å². The van der Waals surface area contributed by atoms with Crippen molar-refractivity contribution >= 4 is 5.78 Å². The third-order valence-corrected chi connectivity index (χ3v) is 4.20. The van der Waals surface area contributed by atoms with Crippen LogP contribution in [-0.4, -0.2) is 12.3 Å². The van der Waals surface area contributed by atoms with Crippen LogP contribution < -0.4 is 5.73 Å². The first-order valence-electron chi connectivity index (χ1n) is 6.03. The molecule has 2 heteroatoms. The van der Waals surface area contributed by atoms with E-state index in [4.69, 9.17) is 5.73 Å². The molecule has 2 rings (SSSR count). The Bertz CT molecular complexity index is 209. The molecule has 2 fully saturated rings. The molecule has 2 saturated carbocycles. The molecular weight excluding hydrogens is 174 g/mol. The average molecular weight is 195 g/mol. The Morgan fingerprint density at radius 1 is 1.14 bits per heavy atom. The van der Waals surface area contributed by atoms with Gasteiger partial charge < -0.3 is 5.73 Å². The summed E-state index contributed by atoms with van der Waals surface area (Å²) in [6.45, 7) is 0.586. The molecule has 0 aromatic rings. The Kier molecular flexibility index (Phi) is 2.91. The van der Waals surface area contributed by atoms with Crippen molar-refractivity contribution in [2.45, 2.75) is 51.4 Å². The van der Waals surface area contributed by atoms with Gasteiger partial charge in [0.15, 0.2) is 0 Å². The van der Waals surface area contributed by atoms with Gasteiger partial charge in [-0.05, 0) is 25.7 Å². The summed E-state index contributed by atoms with van der Waals surface area (Å²) in [6.07, 6.45) is 9.38. The van der Waals surface area contributed by atoms with E-state index in [0.29, 0.717) is 18.2 Å². The molecule has 0 saturated heterocycles. The lowest BCUT2D eigenvalue weighted by molar-refractivity contribution is -0.138. The number of nitrogens with two attached hydrogens (primary N) is 1. The van der Waals surface area contributed by atoms with Gasteiger partial charge in [0.1, 0.15) is 5.78 Å². The first-order valence-corrected chi connectivity index (χ1v) is 6.03. The molecule has 0 aliphatic heterocycles. The molecule has 2 aliphatic carbocycles. The normalized spacial score (nSPS) is 26.9. The minimum absolute atomic E-state index is 0.0813. The van der Waals surface area contributed by atoms with Crippen LogP contribution in [0.3, 0.4) is 0 Å². The Balaban J connectivity index is 1.98. The highest BCUT2D eigenvalue weighted by molar-refractivity contribution is 5.88. The molecule has 80 valence electrons. The summed E-state index contributed by atoms with van der Waals surface area (Å²) in [5.74, 6) is 0.860. The molecule has 0 radical (unpaired) electrons. The minimum atomic E-state index is -0.0813. The maximum Gasteiger partial charge on any atom is 0.143 e. The number of hydrogen-bond acceptors (Lipinski definition) is 2. The smallest absolute Gasteiger partial charge is 0.143 e. The van der Waals surface area contributed by atoms with Crippen molar-refractivity contribution in [1.29, 1.82) is 0 Å². The van der Waals surface area contributed by atoms with Gasteiger partial charge in [0.05, 0.1) is 0 Å². The zero-order valence-corrected chi connectivity index (χ0v) is 8.93. The summed E-state index contributed by atoms with van der Waals surface area (Å²) >= 11 is 0. The Labute approximate surface area is 86.2 Å². The van der Waals surface area contributed by atoms with Gasteiger partial charge in [-0.2, -0.15) is 0 Å². The second-order valence-corrected chi connectivity index (χ2v) is 5.04. The zero-order chi connectivity index (χ0) is 10.0. The van der Waals surface area contributed by atoms with Gasteiger partial charge >= 0.3 is 0 Å². The van der Waals surface area contributed by atoms with Gasteiger partial charge in [0.25, 0.3) is 0 Å². The average Bonchev–Trinajstić information content (AvgIpc) is 2.18. The Morgan fingerprint density at radius 2 is 1.79 bits per heavy atom. The van der Waals surface area contributed by atoms with Gasteiger partial charge in [-0.3, -0.25) is 4.79 Å². The molecule has 0 bridgehead atoms. The molecule has 2 nitrogen and oxygen atoms in total. The van der Waals surface area contributed by atoms with E-state index in [-0.39, 0.29) is 5.41 Å². The molecule has 0 aromatic heterocycles. The van der Waals surface area contributed by atoms with Crippen LogP contribution in [0.1, 0.15) is 51.4 Å². The standard InChI is InChI=1S/C12H21NO/c13-9-12(7-4-8-12)11(14)10-5-2-1-3-6-10/h10H,1-9,13H2. The summed E-state index contributed by atoms with van der Waals surface area (Å²) < 4.78 is 0.